The van der Waals surface area contributed by atoms with Crippen molar-refractivity contribution < 1.29 is 24.3 Å². The first kappa shape index (κ1) is 18.9. The van der Waals surface area contributed by atoms with Crippen LogP contribution in [0.25, 0.3) is 0 Å². The number of hydrogen-bond acceptors (Lipinski definition) is 4. The third kappa shape index (κ3) is 3.39. The van der Waals surface area contributed by atoms with E-state index in [-0.39, 0.29) is 24.1 Å². The summed E-state index contributed by atoms with van der Waals surface area (Å²) in [5.74, 6) is -1.90. The summed E-state index contributed by atoms with van der Waals surface area (Å²) < 4.78 is 0. The second kappa shape index (κ2) is 7.02. The Balaban J connectivity index is 1.64. The summed E-state index contributed by atoms with van der Waals surface area (Å²) in [6.07, 6.45) is 0.881. The molecule has 2 aliphatic heterocycles. The van der Waals surface area contributed by atoms with E-state index in [2.05, 4.69) is 5.32 Å². The summed E-state index contributed by atoms with van der Waals surface area (Å²) >= 11 is 0. The Bertz CT molecular complexity index is 781. The fourth-order valence-electron chi connectivity index (χ4n) is 4.07. The number of ketones is 1. The molecule has 0 saturated carbocycles. The van der Waals surface area contributed by atoms with Gasteiger partial charge in [0.25, 0.3) is 0 Å². The maximum absolute atomic E-state index is 12.5. The normalized spacial score (nSPS) is 21.4. The molecule has 8 nitrogen and oxygen atoms in total. The highest BCUT2D eigenvalue weighted by atomic mass is 16.4. The van der Waals surface area contributed by atoms with E-state index in [0.717, 1.165) is 0 Å². The quantitative estimate of drug-likeness (QED) is 0.786. The molecule has 2 N–H and O–H groups in total. The minimum absolute atomic E-state index is 0.0144. The average molecular weight is 373 g/mol. The third-order valence-electron chi connectivity index (χ3n) is 5.83. The largest absolute Gasteiger partial charge is 0.481 e. The van der Waals surface area contributed by atoms with Crippen LogP contribution in [0, 0.1) is 5.92 Å². The van der Waals surface area contributed by atoms with Crippen LogP contribution >= 0.6 is 0 Å². The first-order valence-corrected chi connectivity index (χ1v) is 8.91. The Kier molecular flexibility index (Phi) is 4.91. The summed E-state index contributed by atoms with van der Waals surface area (Å²) in [4.78, 5) is 50.6. The zero-order valence-electron chi connectivity index (χ0n) is 15.4. The number of rotatable bonds is 3. The smallest absolute Gasteiger partial charge is 0.321 e. The minimum Gasteiger partial charge on any atom is -0.481 e. The SMILES string of the molecule is CC(=O)c1ccc(NC(=O)N2CCC3(CC2)[C@H](C(=O)O)CC(=O)N3C)cc1. The molecule has 0 unspecified atom stereocenters. The lowest BCUT2D eigenvalue weighted by Gasteiger charge is -2.45. The molecule has 2 heterocycles. The molecule has 1 atom stereocenters. The van der Waals surface area contributed by atoms with Crippen molar-refractivity contribution >= 4 is 29.4 Å². The summed E-state index contributed by atoms with van der Waals surface area (Å²) in [7, 11) is 1.65. The Morgan fingerprint density at radius 1 is 1.15 bits per heavy atom. The van der Waals surface area contributed by atoms with E-state index >= 15 is 0 Å². The fraction of sp³-hybridized carbons (Fsp3) is 0.474. The lowest BCUT2D eigenvalue weighted by molar-refractivity contribution is -0.145. The van der Waals surface area contributed by atoms with Gasteiger partial charge in [-0.1, -0.05) is 0 Å². The highest BCUT2D eigenvalue weighted by Gasteiger charge is 2.55. The number of aliphatic carboxylic acids is 1. The van der Waals surface area contributed by atoms with Gasteiger partial charge in [0.05, 0.1) is 11.5 Å². The summed E-state index contributed by atoms with van der Waals surface area (Å²) in [6, 6.07) is 6.37. The van der Waals surface area contributed by atoms with Crippen LogP contribution < -0.4 is 5.32 Å². The Morgan fingerprint density at radius 2 is 1.74 bits per heavy atom. The van der Waals surface area contributed by atoms with E-state index in [4.69, 9.17) is 0 Å². The van der Waals surface area contributed by atoms with Crippen molar-refractivity contribution in [2.45, 2.75) is 31.7 Å². The maximum atomic E-state index is 12.5. The number of carbonyl (C=O) groups excluding carboxylic acids is 3. The molecule has 1 aromatic rings. The van der Waals surface area contributed by atoms with Gasteiger partial charge in [-0.05, 0) is 44.0 Å². The zero-order valence-corrected chi connectivity index (χ0v) is 15.4. The second-order valence-corrected chi connectivity index (χ2v) is 7.20. The van der Waals surface area contributed by atoms with Gasteiger partial charge in [0.2, 0.25) is 5.91 Å². The molecule has 1 aromatic carbocycles. The van der Waals surface area contributed by atoms with Crippen molar-refractivity contribution in [2.75, 3.05) is 25.5 Å². The van der Waals surface area contributed by atoms with Gasteiger partial charge in [0, 0.05) is 37.8 Å². The molecule has 3 rings (SSSR count). The number of piperidine rings is 1. The predicted molar refractivity (Wildman–Crippen MR) is 97.5 cm³/mol. The molecule has 144 valence electrons. The molecule has 2 fully saturated rings. The summed E-state index contributed by atoms with van der Waals surface area (Å²) in [5, 5.41) is 12.3. The standard InChI is InChI=1S/C19H23N3O5/c1-12(23)13-3-5-14(6-4-13)20-18(27)22-9-7-19(8-10-22)15(17(25)26)11-16(24)21(19)2/h3-6,15H,7-11H2,1-2H3,(H,20,27)(H,25,26)/t15-/m0/s1. The van der Waals surface area contributed by atoms with Gasteiger partial charge in [0.15, 0.2) is 5.78 Å². The molecule has 2 saturated heterocycles. The maximum Gasteiger partial charge on any atom is 0.321 e. The van der Waals surface area contributed by atoms with Gasteiger partial charge in [-0.3, -0.25) is 14.4 Å². The van der Waals surface area contributed by atoms with Crippen molar-refractivity contribution in [1.29, 1.82) is 0 Å². The van der Waals surface area contributed by atoms with Crippen molar-refractivity contribution in [3.8, 4) is 0 Å². The predicted octanol–water partition coefficient (Wildman–Crippen LogP) is 1.82. The number of carbonyl (C=O) groups is 4. The molecule has 0 bridgehead atoms. The molecule has 8 heteroatoms. The second-order valence-electron chi connectivity index (χ2n) is 7.20. The number of anilines is 1. The van der Waals surface area contributed by atoms with Crippen molar-refractivity contribution in [3.63, 3.8) is 0 Å². The lowest BCUT2D eigenvalue weighted by Crippen LogP contribution is -2.57. The van der Waals surface area contributed by atoms with Crippen LogP contribution in [0.5, 0.6) is 0 Å². The van der Waals surface area contributed by atoms with Gasteiger partial charge in [-0.25, -0.2) is 4.79 Å². The van der Waals surface area contributed by atoms with Crippen molar-refractivity contribution in [3.05, 3.63) is 29.8 Å². The zero-order chi connectivity index (χ0) is 19.8. The van der Waals surface area contributed by atoms with Crippen molar-refractivity contribution in [2.24, 2.45) is 5.92 Å². The molecule has 0 radical (unpaired) electrons. The van der Waals surface area contributed by atoms with Crippen molar-refractivity contribution in [1.82, 2.24) is 9.80 Å². The number of likely N-dealkylation sites (tertiary alicyclic amines) is 2. The van der Waals surface area contributed by atoms with E-state index in [1.54, 1.807) is 41.1 Å². The molecule has 27 heavy (non-hydrogen) atoms. The number of nitrogens with one attached hydrogen (secondary N) is 1. The van der Waals surface area contributed by atoms with Crippen LogP contribution in [0.2, 0.25) is 0 Å². The number of carboxylic acid groups (broad SMARTS) is 1. The first-order chi connectivity index (χ1) is 12.7. The topological polar surface area (TPSA) is 107 Å². The molecule has 3 amide bonds. The number of hydrogen-bond donors (Lipinski definition) is 2. The molecule has 2 aliphatic rings. The van der Waals surface area contributed by atoms with E-state index in [1.165, 1.54) is 6.92 Å². The van der Waals surface area contributed by atoms with Crippen LogP contribution in [0.4, 0.5) is 10.5 Å². The number of nitrogens with zero attached hydrogens (tertiary/aromatic N) is 2. The monoisotopic (exact) mass is 373 g/mol. The van der Waals surface area contributed by atoms with Gasteiger partial charge >= 0.3 is 12.0 Å². The molecule has 1 spiro atoms. The van der Waals surface area contributed by atoms with Gasteiger partial charge in [-0.15, -0.1) is 0 Å². The minimum atomic E-state index is -0.962. The van der Waals surface area contributed by atoms with Crippen LogP contribution in [-0.4, -0.2) is 64.3 Å². The van der Waals surface area contributed by atoms with Gasteiger partial charge in [-0.2, -0.15) is 0 Å². The highest BCUT2D eigenvalue weighted by molar-refractivity contribution is 5.95. The third-order valence-corrected chi connectivity index (χ3v) is 5.83. The van der Waals surface area contributed by atoms with Crippen LogP contribution in [0.1, 0.15) is 36.5 Å². The Labute approximate surface area is 157 Å². The molecular formula is C19H23N3O5. The number of amides is 3. The first-order valence-electron chi connectivity index (χ1n) is 8.91. The highest BCUT2D eigenvalue weighted by Crippen LogP contribution is 2.42. The Hall–Kier alpha value is -2.90. The van der Waals surface area contributed by atoms with Crippen LogP contribution in [0.3, 0.4) is 0 Å². The lowest BCUT2D eigenvalue weighted by atomic mass is 9.77. The molecule has 0 aliphatic carbocycles. The van der Waals surface area contributed by atoms with Crippen LogP contribution in [-0.2, 0) is 9.59 Å². The number of benzene rings is 1. The fourth-order valence-corrected chi connectivity index (χ4v) is 4.07. The Morgan fingerprint density at radius 3 is 2.26 bits per heavy atom. The van der Waals surface area contributed by atoms with E-state index < -0.39 is 17.4 Å². The van der Waals surface area contributed by atoms with E-state index in [9.17, 15) is 24.3 Å². The van der Waals surface area contributed by atoms with E-state index in [0.29, 0.717) is 37.2 Å². The van der Waals surface area contributed by atoms with Crippen LogP contribution in [0.15, 0.2) is 24.3 Å². The molecular weight excluding hydrogens is 350 g/mol. The number of urea groups is 1. The van der Waals surface area contributed by atoms with Gasteiger partial charge in [0.1, 0.15) is 0 Å². The molecule has 0 aromatic heterocycles. The number of carboxylic acids is 1. The number of Topliss-reactive ketones (excluding diaryl/α,β-unsaturated/α-hetero) is 1. The summed E-state index contributed by atoms with van der Waals surface area (Å²) in [6.45, 7) is 2.23. The summed E-state index contributed by atoms with van der Waals surface area (Å²) in [5.41, 5.74) is 0.437. The average Bonchev–Trinajstić information content (AvgIpc) is 2.88. The van der Waals surface area contributed by atoms with Gasteiger partial charge < -0.3 is 20.2 Å². The van der Waals surface area contributed by atoms with E-state index in [1.807, 2.05) is 0 Å².